The molecule has 0 bridgehead atoms. The maximum absolute atomic E-state index is 13.5. The summed E-state index contributed by atoms with van der Waals surface area (Å²) < 4.78 is 20.6. The molecule has 18 heteroatoms. The molecule has 2 aliphatic rings. The summed E-state index contributed by atoms with van der Waals surface area (Å²) in [5, 5.41) is 33.5. The first-order chi connectivity index (χ1) is 35.3. The van der Waals surface area contributed by atoms with Crippen molar-refractivity contribution in [1.82, 2.24) is 30.3 Å². The van der Waals surface area contributed by atoms with E-state index in [1.807, 2.05) is 80.4 Å². The number of carbonyl (C=O) groups excluding carboxylic acids is 3. The first kappa shape index (κ1) is 56.2. The maximum Gasteiger partial charge on any atom is 0.476 e. The molecule has 3 heterocycles. The maximum atomic E-state index is 13.5. The number of aromatic amines is 1. The lowest BCUT2D eigenvalue weighted by molar-refractivity contribution is -0.118. The van der Waals surface area contributed by atoms with E-state index in [0.29, 0.717) is 72.4 Å². The fourth-order valence-corrected chi connectivity index (χ4v) is 9.11. The molecule has 0 saturated carbocycles. The molecular formula is C56H71BN8O9. The molecule has 2 unspecified atom stereocenters. The monoisotopic (exact) mass is 1010 g/mol. The van der Waals surface area contributed by atoms with Crippen LogP contribution >= 0.6 is 0 Å². The quantitative estimate of drug-likeness (QED) is 0.0308. The molecule has 1 aromatic heterocycles. The molecule has 2 saturated heterocycles. The Kier molecular flexibility index (Phi) is 19.1. The number of carbonyl (C=O) groups is 3. The fourth-order valence-electron chi connectivity index (χ4n) is 9.11. The number of nitrogens with one attached hydrogen (secondary N) is 3. The van der Waals surface area contributed by atoms with Crippen molar-refractivity contribution in [2.45, 2.75) is 103 Å². The summed E-state index contributed by atoms with van der Waals surface area (Å²) in [5.74, 6) is 1.13. The highest BCUT2D eigenvalue weighted by Gasteiger charge is 2.57. The summed E-state index contributed by atoms with van der Waals surface area (Å²) >= 11 is 0. The molecule has 392 valence electrons. The Labute approximate surface area is 434 Å². The molecule has 3 atom stereocenters. The molecule has 74 heavy (non-hydrogen) atoms. The second-order valence-corrected chi connectivity index (χ2v) is 20.0. The van der Waals surface area contributed by atoms with Crippen LogP contribution in [0.4, 0.5) is 0 Å². The third kappa shape index (κ3) is 13.5. The number of rotatable bonds is 19. The average Bonchev–Trinajstić information content (AvgIpc) is 3.89. The number of hydrogen-bond acceptors (Lipinski definition) is 13. The number of phenols is 2. The largest absolute Gasteiger partial charge is 0.508 e. The highest BCUT2D eigenvalue weighted by atomic mass is 16.7. The molecule has 5 N–H and O–H groups in total. The number of amides is 2. The van der Waals surface area contributed by atoms with Crippen molar-refractivity contribution in [3.63, 3.8) is 0 Å². The van der Waals surface area contributed by atoms with Gasteiger partial charge in [0.1, 0.15) is 34.8 Å². The van der Waals surface area contributed by atoms with Crippen LogP contribution in [0.5, 0.6) is 17.2 Å². The van der Waals surface area contributed by atoms with E-state index in [4.69, 9.17) is 14.0 Å². The van der Waals surface area contributed by atoms with Gasteiger partial charge in [-0.25, -0.2) is 14.5 Å². The summed E-state index contributed by atoms with van der Waals surface area (Å²) in [6.45, 7) is 19.7. The zero-order valence-electron chi connectivity index (χ0n) is 44.0. The van der Waals surface area contributed by atoms with Crippen LogP contribution in [-0.4, -0.2) is 118 Å². The Hall–Kier alpha value is -7.15. The summed E-state index contributed by atoms with van der Waals surface area (Å²) in [7, 11) is 3.05. The van der Waals surface area contributed by atoms with Gasteiger partial charge < -0.3 is 44.6 Å². The zero-order valence-corrected chi connectivity index (χ0v) is 44.0. The number of benzene rings is 4. The standard InChI is InChI=1S/C41H54BN5O7.C15H17N3O2/c1-25(2)21-36(43-8)42-53-40(5,6)41(7,54-42)29-11-9-28(10-12-29)38(50)46-19-17-27(18-20-46)24-52-31-15-13-30(14-16-31)47-37(44-45-39(47)51)33-22-32(26(3)4)34(48)23-35(33)49;1-3-17-10-14(16-2)15(20)18-13(11-19)9-12-7-5-4-6-8-12/h9-16,22-23,25-27,36,43,48-49H,17-21,24H2,1-8H3,(H,45,51);3-8,10-11,13H,1,9H2,2H3,(H,18,20)/t;13-/m.0/s1. The van der Waals surface area contributed by atoms with Crippen LogP contribution in [0.3, 0.4) is 0 Å². The number of nitrogens with zero attached hydrogens (tertiary/aromatic N) is 5. The number of likely N-dealkylation sites (tertiary alicyclic amines) is 1. The van der Waals surface area contributed by atoms with Gasteiger partial charge >= 0.3 is 12.8 Å². The Balaban J connectivity index is 0.000000375. The van der Waals surface area contributed by atoms with Gasteiger partial charge in [-0.3, -0.25) is 19.6 Å². The average molecular weight is 1010 g/mol. The minimum atomic E-state index is -0.681. The van der Waals surface area contributed by atoms with E-state index in [1.165, 1.54) is 30.1 Å². The van der Waals surface area contributed by atoms with Gasteiger partial charge in [0.05, 0.1) is 35.7 Å². The number of piperidine rings is 1. The van der Waals surface area contributed by atoms with Crippen molar-refractivity contribution in [2.24, 2.45) is 21.8 Å². The van der Waals surface area contributed by atoms with Gasteiger partial charge in [0.2, 0.25) is 0 Å². The van der Waals surface area contributed by atoms with Crippen molar-refractivity contribution in [1.29, 1.82) is 0 Å². The van der Waals surface area contributed by atoms with Crippen LogP contribution in [0.25, 0.3) is 17.1 Å². The molecule has 0 radical (unpaired) electrons. The molecule has 2 fully saturated rings. The highest BCUT2D eigenvalue weighted by molar-refractivity contribution is 6.60. The third-order valence-corrected chi connectivity index (χ3v) is 13.7. The van der Waals surface area contributed by atoms with Gasteiger partial charge in [-0.05, 0) is 130 Å². The van der Waals surface area contributed by atoms with E-state index >= 15 is 0 Å². The summed E-state index contributed by atoms with van der Waals surface area (Å²) in [5.41, 5.74) is 2.55. The number of aromatic hydroxyl groups is 2. The Morgan fingerprint density at radius 3 is 2.24 bits per heavy atom. The van der Waals surface area contributed by atoms with Crippen molar-refractivity contribution < 1.29 is 38.6 Å². The molecule has 2 aliphatic heterocycles. The molecule has 5 aromatic rings. The van der Waals surface area contributed by atoms with Gasteiger partial charge in [0.15, 0.2) is 5.82 Å². The third-order valence-electron chi connectivity index (χ3n) is 13.7. The lowest BCUT2D eigenvalue weighted by atomic mass is 9.74. The van der Waals surface area contributed by atoms with Gasteiger partial charge in [-0.15, -0.1) is 0 Å². The number of aliphatic imine (C=N–C) groups is 2. The highest BCUT2D eigenvalue weighted by Crippen LogP contribution is 2.46. The van der Waals surface area contributed by atoms with Crippen LogP contribution in [-0.2, 0) is 30.9 Å². The van der Waals surface area contributed by atoms with Crippen molar-refractivity contribution in [2.75, 3.05) is 33.8 Å². The molecule has 7 rings (SSSR count). The second-order valence-electron chi connectivity index (χ2n) is 20.0. The van der Waals surface area contributed by atoms with Gasteiger partial charge in [0, 0.05) is 43.9 Å². The lowest BCUT2D eigenvalue weighted by Crippen LogP contribution is -2.44. The van der Waals surface area contributed by atoms with E-state index in [2.05, 4.69) is 72.0 Å². The number of aldehydes is 1. The number of H-pyrrole nitrogens is 1. The lowest BCUT2D eigenvalue weighted by Gasteiger charge is -2.37. The first-order valence-electron chi connectivity index (χ1n) is 25.1. The van der Waals surface area contributed by atoms with E-state index in [1.54, 1.807) is 30.3 Å². The van der Waals surface area contributed by atoms with Crippen LogP contribution in [0.1, 0.15) is 101 Å². The Morgan fingerprint density at radius 2 is 1.65 bits per heavy atom. The fraction of sp³-hybridized carbons (Fsp3) is 0.411. The van der Waals surface area contributed by atoms with Gasteiger partial charge in [0.25, 0.3) is 11.8 Å². The predicted molar refractivity (Wildman–Crippen MR) is 289 cm³/mol. The van der Waals surface area contributed by atoms with Crippen molar-refractivity contribution in [3.8, 4) is 34.3 Å². The molecule has 4 aromatic carbocycles. The molecule has 0 aliphatic carbocycles. The van der Waals surface area contributed by atoms with E-state index in [0.717, 1.165) is 30.4 Å². The number of hydrogen-bond donors (Lipinski definition) is 5. The van der Waals surface area contributed by atoms with Crippen molar-refractivity contribution >= 4 is 37.1 Å². The minimum absolute atomic E-state index is 0.00430. The van der Waals surface area contributed by atoms with Gasteiger partial charge in [-0.2, -0.15) is 5.10 Å². The predicted octanol–water partition coefficient (Wildman–Crippen LogP) is 7.59. The smallest absolute Gasteiger partial charge is 0.476 e. The van der Waals surface area contributed by atoms with E-state index in [9.17, 15) is 29.4 Å². The minimum Gasteiger partial charge on any atom is -0.508 e. The van der Waals surface area contributed by atoms with E-state index < -0.39 is 28.8 Å². The Morgan fingerprint density at radius 1 is 0.973 bits per heavy atom. The van der Waals surface area contributed by atoms with Crippen LogP contribution in [0, 0.1) is 11.8 Å². The van der Waals surface area contributed by atoms with E-state index in [-0.39, 0.29) is 47.9 Å². The molecule has 0 spiro atoms. The Bertz CT molecular complexity index is 2820. The summed E-state index contributed by atoms with van der Waals surface area (Å²) in [6.07, 6.45) is 6.34. The van der Waals surface area contributed by atoms with Gasteiger partial charge in [-0.1, -0.05) is 76.7 Å². The van der Waals surface area contributed by atoms with Crippen LogP contribution < -0.4 is 21.1 Å². The van der Waals surface area contributed by atoms with Crippen LogP contribution in [0.15, 0.2) is 119 Å². The normalized spacial score (nSPS) is 17.7. The number of aromatic nitrogens is 3. The molecule has 17 nitrogen and oxygen atoms in total. The number of ether oxygens (including phenoxy) is 1. The first-order valence-corrected chi connectivity index (χ1v) is 25.1. The SMILES string of the molecule is C=CN=CC(=NC)C(=O)N[C@H](C=O)Cc1ccccc1.CNC(CC(C)C)B1OC(C)(C)C(C)(c2ccc(C(=O)N3CCC(COc4ccc(-n5c(-c6cc(C(C)C)c(O)cc6O)n[nH]c5=O)cc4)CC3)cc2)O1. The second kappa shape index (κ2) is 25.2. The van der Waals surface area contributed by atoms with Crippen molar-refractivity contribution in [3.05, 3.63) is 137 Å². The summed E-state index contributed by atoms with van der Waals surface area (Å²) in [6, 6.07) is 26.7. The topological polar surface area (TPSA) is 222 Å². The van der Waals surface area contributed by atoms with Crippen LogP contribution in [0.2, 0.25) is 0 Å². The zero-order chi connectivity index (χ0) is 53.7. The molecule has 2 amide bonds. The molecular weight excluding hydrogens is 939 g/mol. The number of phenolic OH excluding ortho intramolecular Hbond substituents is 2. The summed E-state index contributed by atoms with van der Waals surface area (Å²) in [4.78, 5) is 58.8.